The molecule has 2 unspecified atom stereocenters. The molecular formula is C72H70BN3. The van der Waals surface area contributed by atoms with Crippen LogP contribution in [-0.2, 0) is 33.6 Å². The number of rotatable bonds is 5. The number of anilines is 8. The van der Waals surface area contributed by atoms with E-state index in [1.54, 1.807) is 0 Å². The highest BCUT2D eigenvalue weighted by atomic mass is 15.3. The van der Waals surface area contributed by atoms with Crippen molar-refractivity contribution in [3.63, 3.8) is 0 Å². The summed E-state index contributed by atoms with van der Waals surface area (Å²) >= 11 is 0. The first-order valence-corrected chi connectivity index (χ1v) is 27.8. The van der Waals surface area contributed by atoms with Gasteiger partial charge in [0.15, 0.2) is 0 Å². The van der Waals surface area contributed by atoms with E-state index in [0.717, 1.165) is 12.8 Å². The van der Waals surface area contributed by atoms with Crippen LogP contribution in [0.4, 0.5) is 45.5 Å². The van der Waals surface area contributed by atoms with Gasteiger partial charge in [0, 0.05) is 50.7 Å². The molecule has 0 radical (unpaired) electrons. The Hall–Kier alpha value is -7.56. The molecule has 3 heterocycles. The zero-order chi connectivity index (χ0) is 52.7. The number of nitrogens with zero attached hydrogens (tertiary/aromatic N) is 3. The van der Waals surface area contributed by atoms with Crippen molar-refractivity contribution >= 4 is 68.6 Å². The standard InChI is InChI=1S/C72H70BN3/c1-68(2,3)50-34-37-60(54(42-50)47-24-14-12-15-25-47)74-63-32-22-20-30-58(63)73-59-31-21-23-33-64(59)75(61-38-35-51(69(4,5)6)43-55(61)48-26-16-13-17-27-48)66-46-53(45-65(74)67(66)73)76-62-39-36-52(70(7,8)9)44-57(62)71(10)41-40-49-28-18-19-29-56(49)72(71,76)11/h12-39,42-46H,40-41H2,1-11H3. The van der Waals surface area contributed by atoms with Crippen LogP contribution in [0.25, 0.3) is 22.3 Å². The van der Waals surface area contributed by atoms with Crippen molar-refractivity contribution in [2.45, 2.75) is 116 Å². The number of para-hydroxylation sites is 2. The van der Waals surface area contributed by atoms with Gasteiger partial charge in [0.25, 0.3) is 6.71 Å². The van der Waals surface area contributed by atoms with Crippen LogP contribution in [0.3, 0.4) is 0 Å². The molecule has 0 amide bonds. The minimum Gasteiger partial charge on any atom is -0.330 e. The van der Waals surface area contributed by atoms with Gasteiger partial charge in [0.1, 0.15) is 0 Å². The number of hydrogen-bond donors (Lipinski definition) is 0. The second-order valence-electron chi connectivity index (χ2n) is 25.7. The van der Waals surface area contributed by atoms with Crippen LogP contribution in [-0.4, -0.2) is 6.71 Å². The maximum atomic E-state index is 2.79. The van der Waals surface area contributed by atoms with Crippen LogP contribution in [0.5, 0.6) is 0 Å². The smallest absolute Gasteiger partial charge is 0.252 e. The van der Waals surface area contributed by atoms with Gasteiger partial charge in [-0.05, 0) is 152 Å². The average molecular weight is 988 g/mol. The first kappa shape index (κ1) is 48.1. The second-order valence-corrected chi connectivity index (χ2v) is 25.7. The van der Waals surface area contributed by atoms with Crippen molar-refractivity contribution in [1.82, 2.24) is 0 Å². The molecule has 0 N–H and O–H groups in total. The first-order chi connectivity index (χ1) is 36.4. The fourth-order valence-electron chi connectivity index (χ4n) is 13.8. The van der Waals surface area contributed by atoms with E-state index in [-0.39, 0.29) is 28.4 Å². The molecule has 0 spiro atoms. The third-order valence-corrected chi connectivity index (χ3v) is 18.2. The van der Waals surface area contributed by atoms with Crippen LogP contribution in [0, 0.1) is 0 Å². The monoisotopic (exact) mass is 988 g/mol. The van der Waals surface area contributed by atoms with Crippen molar-refractivity contribution in [3.05, 3.63) is 234 Å². The Balaban J connectivity index is 1.19. The molecule has 3 aliphatic heterocycles. The van der Waals surface area contributed by atoms with Gasteiger partial charge in [-0.1, -0.05) is 215 Å². The lowest BCUT2D eigenvalue weighted by atomic mass is 9.33. The number of fused-ring (bicyclic) bond motifs is 9. The SMILES string of the molecule is CC(C)(C)c1ccc(N2c3ccccc3B3c4ccccc4N(c4ccc(C(C)(C)C)cc4-c4ccccc4)c4cc(N5c6ccc(C(C)(C)C)cc6C6(C)CCc7ccccc7C56C)cc2c43)c(-c2ccccc2)c1. The predicted octanol–water partition coefficient (Wildman–Crippen LogP) is 17.3. The fourth-order valence-corrected chi connectivity index (χ4v) is 13.8. The summed E-state index contributed by atoms with van der Waals surface area (Å²) in [5.74, 6) is 0. The molecule has 0 saturated heterocycles. The van der Waals surface area contributed by atoms with E-state index < -0.39 is 5.54 Å². The van der Waals surface area contributed by atoms with E-state index in [1.807, 2.05) is 0 Å². The molecule has 1 aliphatic carbocycles. The number of aryl methyl sites for hydroxylation is 1. The van der Waals surface area contributed by atoms with Crippen molar-refractivity contribution in [2.75, 3.05) is 14.7 Å². The van der Waals surface area contributed by atoms with Crippen LogP contribution in [0.2, 0.25) is 0 Å². The lowest BCUT2D eigenvalue weighted by Crippen LogP contribution is -2.61. The summed E-state index contributed by atoms with van der Waals surface area (Å²) in [6.45, 7) is 26.2. The maximum absolute atomic E-state index is 2.79. The predicted molar refractivity (Wildman–Crippen MR) is 325 cm³/mol. The van der Waals surface area contributed by atoms with Crippen molar-refractivity contribution in [3.8, 4) is 22.3 Å². The molecule has 2 atom stereocenters. The third kappa shape index (κ3) is 7.15. The molecule has 0 aromatic heterocycles. The highest BCUT2D eigenvalue weighted by Crippen LogP contribution is 2.65. The van der Waals surface area contributed by atoms with E-state index in [1.165, 1.54) is 118 Å². The molecule has 9 aromatic carbocycles. The zero-order valence-electron chi connectivity index (χ0n) is 46.4. The summed E-state index contributed by atoms with van der Waals surface area (Å²) in [6, 6.07) is 77.2. The molecule has 0 bridgehead atoms. The molecule has 3 nitrogen and oxygen atoms in total. The molecule has 9 aromatic rings. The van der Waals surface area contributed by atoms with Crippen molar-refractivity contribution in [2.24, 2.45) is 0 Å². The van der Waals surface area contributed by atoms with E-state index >= 15 is 0 Å². The normalized spacial score (nSPS) is 18.4. The van der Waals surface area contributed by atoms with Crippen LogP contribution in [0.1, 0.15) is 116 Å². The highest BCUT2D eigenvalue weighted by Gasteiger charge is 2.60. The first-order valence-electron chi connectivity index (χ1n) is 27.8. The minimum atomic E-state index is -0.428. The lowest BCUT2D eigenvalue weighted by Gasteiger charge is -2.52. The van der Waals surface area contributed by atoms with E-state index in [4.69, 9.17) is 0 Å². The van der Waals surface area contributed by atoms with Gasteiger partial charge in [-0.2, -0.15) is 0 Å². The molecule has 376 valence electrons. The van der Waals surface area contributed by atoms with Gasteiger partial charge >= 0.3 is 0 Å². The van der Waals surface area contributed by atoms with Crippen molar-refractivity contribution in [1.29, 1.82) is 0 Å². The molecule has 4 heteroatoms. The van der Waals surface area contributed by atoms with E-state index in [2.05, 4.69) is 291 Å². The van der Waals surface area contributed by atoms with Crippen LogP contribution >= 0.6 is 0 Å². The summed E-state index contributed by atoms with van der Waals surface area (Å²) in [4.78, 5) is 8.08. The molecule has 13 rings (SSSR count). The summed E-state index contributed by atoms with van der Waals surface area (Å²) in [5, 5.41) is 0. The van der Waals surface area contributed by atoms with Gasteiger partial charge < -0.3 is 14.7 Å². The number of hydrogen-bond acceptors (Lipinski definition) is 3. The average Bonchev–Trinajstić information content (AvgIpc) is 3.44. The Morgan fingerprint density at radius 3 is 1.33 bits per heavy atom. The third-order valence-electron chi connectivity index (χ3n) is 18.2. The van der Waals surface area contributed by atoms with E-state index in [0.29, 0.717) is 0 Å². The minimum absolute atomic E-state index is 0.00737. The highest BCUT2D eigenvalue weighted by molar-refractivity contribution is 7.00. The van der Waals surface area contributed by atoms with Gasteiger partial charge in [-0.25, -0.2) is 0 Å². The molecule has 0 saturated carbocycles. The molecule has 4 aliphatic rings. The fraction of sp³-hybridized carbons (Fsp3) is 0.250. The maximum Gasteiger partial charge on any atom is 0.252 e. The summed E-state index contributed by atoms with van der Waals surface area (Å²) in [7, 11) is 0. The zero-order valence-corrected chi connectivity index (χ0v) is 46.4. The number of benzene rings is 9. The molecular weight excluding hydrogens is 918 g/mol. The molecule has 76 heavy (non-hydrogen) atoms. The Kier molecular flexibility index (Phi) is 10.7. The lowest BCUT2D eigenvalue weighted by molar-refractivity contribution is 0.245. The van der Waals surface area contributed by atoms with Gasteiger partial charge in [0.2, 0.25) is 0 Å². The second kappa shape index (κ2) is 17.0. The Morgan fingerprint density at radius 1 is 0.395 bits per heavy atom. The Labute approximate surface area is 453 Å². The summed E-state index contributed by atoms with van der Waals surface area (Å²) in [5.41, 5.74) is 26.0. The Bertz CT molecular complexity index is 3600. The summed E-state index contributed by atoms with van der Waals surface area (Å²) in [6.07, 6.45) is 2.10. The Morgan fingerprint density at radius 2 is 0.829 bits per heavy atom. The van der Waals surface area contributed by atoms with Crippen molar-refractivity contribution < 1.29 is 0 Å². The topological polar surface area (TPSA) is 9.72 Å². The van der Waals surface area contributed by atoms with Gasteiger partial charge in [0.05, 0.1) is 16.9 Å². The van der Waals surface area contributed by atoms with Crippen LogP contribution in [0.15, 0.2) is 200 Å². The quantitative estimate of drug-likeness (QED) is 0.159. The van der Waals surface area contributed by atoms with Gasteiger partial charge in [-0.15, -0.1) is 0 Å². The molecule has 0 fully saturated rings. The van der Waals surface area contributed by atoms with Gasteiger partial charge in [-0.3, -0.25) is 0 Å². The largest absolute Gasteiger partial charge is 0.330 e. The van der Waals surface area contributed by atoms with Crippen LogP contribution < -0.4 is 31.1 Å². The van der Waals surface area contributed by atoms with E-state index in [9.17, 15) is 0 Å². The summed E-state index contributed by atoms with van der Waals surface area (Å²) < 4.78 is 0.